The first-order valence-corrected chi connectivity index (χ1v) is 7.93. The predicted molar refractivity (Wildman–Crippen MR) is 91.6 cm³/mol. The molecular formula is C15H14N2O4S2. The molecule has 1 fully saturated rings. The highest BCUT2D eigenvalue weighted by Gasteiger charge is 2.33. The topological polar surface area (TPSA) is 86.7 Å². The zero-order valence-electron chi connectivity index (χ0n) is 12.2. The molecule has 1 atom stereocenters. The second-order valence-corrected chi connectivity index (χ2v) is 6.48. The first-order valence-electron chi connectivity index (χ1n) is 6.71. The number of carbonyl (C=O) groups excluding carboxylic acids is 2. The normalized spacial score (nSPS) is 17.4. The summed E-state index contributed by atoms with van der Waals surface area (Å²) in [5.74, 6) is -2.08. The second kappa shape index (κ2) is 7.38. The molecule has 2 amide bonds. The minimum Gasteiger partial charge on any atom is -0.480 e. The molecular weight excluding hydrogens is 336 g/mol. The number of benzene rings is 1. The fraction of sp³-hybridized carbons (Fsp3) is 0.200. The summed E-state index contributed by atoms with van der Waals surface area (Å²) in [6.07, 6.45) is 1.71. The number of hydrogen-bond donors (Lipinski definition) is 2. The van der Waals surface area contributed by atoms with Crippen molar-refractivity contribution in [2.75, 3.05) is 6.54 Å². The van der Waals surface area contributed by atoms with E-state index in [0.29, 0.717) is 4.91 Å². The minimum absolute atomic E-state index is 0.273. The fourth-order valence-corrected chi connectivity index (χ4v) is 3.08. The van der Waals surface area contributed by atoms with E-state index in [0.717, 1.165) is 17.3 Å². The molecule has 0 radical (unpaired) electrons. The third kappa shape index (κ3) is 4.40. The smallest absolute Gasteiger partial charge is 0.325 e. The molecule has 1 aromatic carbocycles. The van der Waals surface area contributed by atoms with Crippen molar-refractivity contribution in [2.24, 2.45) is 0 Å². The highest BCUT2D eigenvalue weighted by atomic mass is 32.2. The molecule has 120 valence electrons. The molecule has 1 saturated heterocycles. The van der Waals surface area contributed by atoms with Crippen molar-refractivity contribution in [3.8, 4) is 0 Å². The van der Waals surface area contributed by atoms with Crippen LogP contribution in [0.4, 0.5) is 0 Å². The number of carboxylic acids is 1. The lowest BCUT2D eigenvalue weighted by atomic mass is 10.2. The molecule has 0 aliphatic carbocycles. The Balaban J connectivity index is 2.06. The summed E-state index contributed by atoms with van der Waals surface area (Å²) in [5, 5.41) is 11.1. The van der Waals surface area contributed by atoms with Gasteiger partial charge in [-0.3, -0.25) is 19.3 Å². The molecule has 6 nitrogen and oxygen atoms in total. The van der Waals surface area contributed by atoms with Crippen LogP contribution in [-0.4, -0.2) is 44.7 Å². The van der Waals surface area contributed by atoms with E-state index >= 15 is 0 Å². The van der Waals surface area contributed by atoms with Gasteiger partial charge in [0.1, 0.15) is 16.9 Å². The number of nitrogens with zero attached hydrogens (tertiary/aromatic N) is 1. The van der Waals surface area contributed by atoms with Crippen LogP contribution in [0.3, 0.4) is 0 Å². The van der Waals surface area contributed by atoms with Crippen molar-refractivity contribution in [1.29, 1.82) is 0 Å². The van der Waals surface area contributed by atoms with Crippen molar-refractivity contribution in [2.45, 2.75) is 13.0 Å². The van der Waals surface area contributed by atoms with E-state index in [2.05, 4.69) is 5.32 Å². The summed E-state index contributed by atoms with van der Waals surface area (Å²) >= 11 is 6.24. The Morgan fingerprint density at radius 1 is 1.39 bits per heavy atom. The Hall–Kier alpha value is -2.19. The van der Waals surface area contributed by atoms with Crippen LogP contribution in [0.5, 0.6) is 0 Å². The number of carbonyl (C=O) groups is 3. The van der Waals surface area contributed by atoms with E-state index in [1.54, 1.807) is 6.08 Å². The molecule has 1 aromatic rings. The Morgan fingerprint density at radius 2 is 2.04 bits per heavy atom. The van der Waals surface area contributed by atoms with Gasteiger partial charge in [-0.2, -0.15) is 0 Å². The van der Waals surface area contributed by atoms with E-state index in [9.17, 15) is 14.4 Å². The first-order chi connectivity index (χ1) is 10.9. The fourth-order valence-electron chi connectivity index (χ4n) is 1.83. The molecule has 2 N–H and O–H groups in total. The van der Waals surface area contributed by atoms with E-state index < -0.39 is 17.9 Å². The average molecular weight is 350 g/mol. The third-order valence-corrected chi connectivity index (χ3v) is 4.40. The number of aliphatic carboxylic acids is 1. The van der Waals surface area contributed by atoms with Gasteiger partial charge in [0.25, 0.3) is 5.91 Å². The number of carboxylic acid groups (broad SMARTS) is 1. The molecule has 0 saturated carbocycles. The van der Waals surface area contributed by atoms with Crippen LogP contribution in [-0.2, 0) is 14.4 Å². The predicted octanol–water partition coefficient (Wildman–Crippen LogP) is 1.48. The third-order valence-electron chi connectivity index (χ3n) is 3.02. The zero-order chi connectivity index (χ0) is 17.0. The number of nitrogens with one attached hydrogen (secondary N) is 1. The van der Waals surface area contributed by atoms with Crippen LogP contribution >= 0.6 is 24.0 Å². The Bertz CT molecular complexity index is 688. The van der Waals surface area contributed by atoms with E-state index in [1.165, 1.54) is 11.8 Å². The van der Waals surface area contributed by atoms with Gasteiger partial charge in [0, 0.05) is 0 Å². The van der Waals surface area contributed by atoms with Gasteiger partial charge in [-0.05, 0) is 18.6 Å². The van der Waals surface area contributed by atoms with Crippen LogP contribution in [0.2, 0.25) is 0 Å². The molecule has 0 aromatic heterocycles. The number of rotatable bonds is 5. The first kappa shape index (κ1) is 17.2. The van der Waals surface area contributed by atoms with Gasteiger partial charge in [0.2, 0.25) is 5.91 Å². The molecule has 1 heterocycles. The monoisotopic (exact) mass is 350 g/mol. The molecule has 2 rings (SSSR count). The lowest BCUT2D eigenvalue weighted by molar-refractivity contribution is -0.141. The molecule has 0 spiro atoms. The standard InChI is InChI=1S/C15H14N2O4S2/c1-9(14(20)21)16-12(18)8-17-13(19)11(23-15(17)22)7-10-5-3-2-4-6-10/h2-7,9H,8H2,1H3,(H,16,18)(H,20,21)/b11-7-/t9-/m1/s1. The summed E-state index contributed by atoms with van der Waals surface area (Å²) in [5.41, 5.74) is 0.858. The van der Waals surface area contributed by atoms with E-state index in [-0.39, 0.29) is 16.8 Å². The van der Waals surface area contributed by atoms with E-state index in [4.69, 9.17) is 17.3 Å². The Labute approximate surface area is 142 Å². The van der Waals surface area contributed by atoms with Gasteiger partial charge >= 0.3 is 5.97 Å². The van der Waals surface area contributed by atoms with Crippen molar-refractivity contribution < 1.29 is 19.5 Å². The number of thioether (sulfide) groups is 1. The molecule has 1 aliphatic heterocycles. The van der Waals surface area contributed by atoms with Gasteiger partial charge < -0.3 is 10.4 Å². The van der Waals surface area contributed by atoms with Gasteiger partial charge in [0.05, 0.1) is 4.91 Å². The maximum absolute atomic E-state index is 12.3. The van der Waals surface area contributed by atoms with Crippen molar-refractivity contribution in [1.82, 2.24) is 10.2 Å². The average Bonchev–Trinajstić information content (AvgIpc) is 2.75. The van der Waals surface area contributed by atoms with Gasteiger partial charge in [-0.25, -0.2) is 0 Å². The highest BCUT2D eigenvalue weighted by Crippen LogP contribution is 2.32. The maximum Gasteiger partial charge on any atom is 0.325 e. The summed E-state index contributed by atoms with van der Waals surface area (Å²) in [6.45, 7) is 1.05. The maximum atomic E-state index is 12.3. The molecule has 1 aliphatic rings. The van der Waals surface area contributed by atoms with Crippen LogP contribution in [0.1, 0.15) is 12.5 Å². The SMILES string of the molecule is C[C@@H](NC(=O)CN1C(=O)/C(=C/c2ccccc2)SC1=S)C(=O)O. The van der Waals surface area contributed by atoms with Crippen LogP contribution < -0.4 is 5.32 Å². The molecule has 0 bridgehead atoms. The number of amides is 2. The second-order valence-electron chi connectivity index (χ2n) is 4.81. The number of hydrogen-bond acceptors (Lipinski definition) is 5. The lowest BCUT2D eigenvalue weighted by Crippen LogP contribution is -2.45. The van der Waals surface area contributed by atoms with Crippen LogP contribution in [0, 0.1) is 0 Å². The molecule has 0 unspecified atom stereocenters. The van der Waals surface area contributed by atoms with Crippen molar-refractivity contribution >= 4 is 52.2 Å². The summed E-state index contributed by atoms with van der Waals surface area (Å²) < 4.78 is 0.273. The highest BCUT2D eigenvalue weighted by molar-refractivity contribution is 8.26. The Morgan fingerprint density at radius 3 is 2.65 bits per heavy atom. The molecule has 23 heavy (non-hydrogen) atoms. The van der Waals surface area contributed by atoms with Crippen molar-refractivity contribution in [3.63, 3.8) is 0 Å². The largest absolute Gasteiger partial charge is 0.480 e. The summed E-state index contributed by atoms with van der Waals surface area (Å²) in [4.78, 5) is 36.5. The number of thiocarbonyl (C=S) groups is 1. The minimum atomic E-state index is -1.15. The summed E-state index contributed by atoms with van der Waals surface area (Å²) in [7, 11) is 0. The van der Waals surface area contributed by atoms with E-state index in [1.807, 2.05) is 30.3 Å². The van der Waals surface area contributed by atoms with Crippen LogP contribution in [0.25, 0.3) is 6.08 Å². The van der Waals surface area contributed by atoms with Gasteiger partial charge in [-0.15, -0.1) is 0 Å². The van der Waals surface area contributed by atoms with Gasteiger partial charge in [-0.1, -0.05) is 54.3 Å². The summed E-state index contributed by atoms with van der Waals surface area (Å²) in [6, 6.07) is 8.26. The van der Waals surface area contributed by atoms with Crippen LogP contribution in [0.15, 0.2) is 35.2 Å². The Kier molecular flexibility index (Phi) is 5.51. The lowest BCUT2D eigenvalue weighted by Gasteiger charge is -2.15. The van der Waals surface area contributed by atoms with Crippen molar-refractivity contribution in [3.05, 3.63) is 40.8 Å². The zero-order valence-corrected chi connectivity index (χ0v) is 13.8. The quantitative estimate of drug-likeness (QED) is 0.618. The van der Waals surface area contributed by atoms with Gasteiger partial charge in [0.15, 0.2) is 0 Å². The molecule has 8 heteroatoms.